The number of hydrogen-bond donors (Lipinski definition) is 4. The monoisotopic (exact) mass is 686 g/mol. The Hall–Kier alpha value is -2.56. The zero-order valence-electron chi connectivity index (χ0n) is 26.4. The highest BCUT2D eigenvalue weighted by Crippen LogP contribution is 2.38. The number of aliphatic imine (C=N–C) groups is 1. The number of rotatable bonds is 14. The average molecular weight is 687 g/mol. The lowest BCUT2D eigenvalue weighted by Crippen LogP contribution is -2.51. The summed E-state index contributed by atoms with van der Waals surface area (Å²) in [7, 11) is -3.61. The highest BCUT2D eigenvalue weighted by Gasteiger charge is 2.48. The minimum Gasteiger partial charge on any atom is -0.394 e. The summed E-state index contributed by atoms with van der Waals surface area (Å²) in [6.45, 7) is 0.439. The minimum absolute atomic E-state index is 0.00566. The van der Waals surface area contributed by atoms with E-state index in [9.17, 15) is 36.6 Å². The average Bonchev–Trinajstić information content (AvgIpc) is 3.61. The molecule has 2 aromatic rings. The maximum absolute atomic E-state index is 13.4. The lowest BCUT2D eigenvalue weighted by Gasteiger charge is -2.34. The lowest BCUT2D eigenvalue weighted by atomic mass is 9.79. The molecule has 262 valence electrons. The van der Waals surface area contributed by atoms with E-state index in [1.165, 1.54) is 4.31 Å². The first-order valence-corrected chi connectivity index (χ1v) is 18.0. The Labute approximate surface area is 272 Å². The molecule has 0 unspecified atom stereocenters. The van der Waals surface area contributed by atoms with Crippen LogP contribution >= 0.6 is 0 Å². The van der Waals surface area contributed by atoms with Gasteiger partial charge in [-0.2, -0.15) is 13.2 Å². The van der Waals surface area contributed by atoms with Gasteiger partial charge in [0.05, 0.1) is 25.6 Å². The van der Waals surface area contributed by atoms with E-state index >= 15 is 0 Å². The number of aromatic nitrogens is 1. The van der Waals surface area contributed by atoms with E-state index in [1.807, 2.05) is 35.0 Å². The highest BCUT2D eigenvalue weighted by atomic mass is 32.2. The summed E-state index contributed by atoms with van der Waals surface area (Å²) in [5, 5.41) is 31.9. The summed E-state index contributed by atoms with van der Waals surface area (Å²) in [5.41, 5.74) is 0.803. The number of sulfonamides is 1. The third-order valence-corrected chi connectivity index (χ3v) is 11.8. The summed E-state index contributed by atoms with van der Waals surface area (Å²) in [5.74, 6) is 0.331. The number of benzene rings is 1. The molecule has 0 bridgehead atoms. The van der Waals surface area contributed by atoms with E-state index in [4.69, 9.17) is 14.8 Å². The number of nitrogens with zero attached hydrogens (tertiary/aromatic N) is 3. The number of hydrogen-bond acceptors (Lipinski definition) is 8. The summed E-state index contributed by atoms with van der Waals surface area (Å²) in [4.78, 5) is 17.9. The second-order valence-corrected chi connectivity index (χ2v) is 15.2. The van der Waals surface area contributed by atoms with Gasteiger partial charge in [-0.25, -0.2) is 12.7 Å². The number of piperidine rings is 1. The van der Waals surface area contributed by atoms with Crippen molar-refractivity contribution in [2.75, 3.05) is 38.7 Å². The predicted molar refractivity (Wildman–Crippen MR) is 169 cm³/mol. The van der Waals surface area contributed by atoms with Crippen LogP contribution in [0.3, 0.4) is 0 Å². The number of amides is 1. The summed E-state index contributed by atoms with van der Waals surface area (Å²) >= 11 is 0. The van der Waals surface area contributed by atoms with Gasteiger partial charge in [0.2, 0.25) is 10.0 Å². The number of amidine groups is 1. The molecule has 1 aromatic carbocycles. The molecule has 2 aliphatic heterocycles. The molecule has 1 amide bonds. The molecule has 2 fully saturated rings. The molecule has 5 rings (SSSR count). The predicted octanol–water partition coefficient (Wildman–Crippen LogP) is 2.76. The van der Waals surface area contributed by atoms with Crippen LogP contribution < -0.4 is 5.32 Å². The summed E-state index contributed by atoms with van der Waals surface area (Å²) in [6.07, 6.45) is -1.77. The highest BCUT2D eigenvalue weighted by molar-refractivity contribution is 7.89. The number of fused-ring (bicyclic) bond motifs is 1. The smallest absolute Gasteiger partial charge is 0.389 e. The van der Waals surface area contributed by atoms with Crippen molar-refractivity contribution >= 4 is 32.7 Å². The van der Waals surface area contributed by atoms with Crippen molar-refractivity contribution in [3.8, 4) is 0 Å². The van der Waals surface area contributed by atoms with Crippen LogP contribution in [0.25, 0.3) is 10.9 Å². The number of aryl methyl sites for hydroxylation is 1. The Morgan fingerprint density at radius 1 is 1.09 bits per heavy atom. The van der Waals surface area contributed by atoms with Gasteiger partial charge < -0.3 is 29.9 Å². The minimum atomic E-state index is -4.14. The van der Waals surface area contributed by atoms with Crippen LogP contribution in [-0.2, 0) is 32.5 Å². The maximum atomic E-state index is 13.4. The molecule has 1 saturated heterocycles. The molecule has 1 saturated carbocycles. The number of aliphatic hydroxyl groups excluding tert-OH is 3. The summed E-state index contributed by atoms with van der Waals surface area (Å²) in [6, 6.07) is 7.63. The lowest BCUT2D eigenvalue weighted by molar-refractivity contribution is -0.138. The van der Waals surface area contributed by atoms with E-state index in [1.54, 1.807) is 0 Å². The number of aliphatic hydroxyl groups is 3. The van der Waals surface area contributed by atoms with E-state index in [2.05, 4.69) is 5.32 Å². The number of ether oxygens (including phenoxy) is 1. The summed E-state index contributed by atoms with van der Waals surface area (Å²) < 4.78 is 73.5. The SMILES string of the molecule is O=C1NC(C2CCC(CCC(F)(F)F)CC2)=NC12CCN(S(=O)(=O)CCc1cccc3c1ccn3CCOC[C@H](O)[C@@H](O)CO)CC2. The van der Waals surface area contributed by atoms with Crippen LogP contribution in [0.5, 0.6) is 0 Å². The Morgan fingerprint density at radius 3 is 2.49 bits per heavy atom. The zero-order valence-corrected chi connectivity index (χ0v) is 27.2. The molecule has 1 aromatic heterocycles. The fourth-order valence-corrected chi connectivity index (χ4v) is 8.44. The molecular weight excluding hydrogens is 641 g/mol. The van der Waals surface area contributed by atoms with Crippen LogP contribution in [0.4, 0.5) is 13.2 Å². The quantitative estimate of drug-likeness (QED) is 0.223. The second-order valence-electron chi connectivity index (χ2n) is 13.1. The Morgan fingerprint density at radius 2 is 1.81 bits per heavy atom. The molecule has 2 atom stereocenters. The fourth-order valence-electron chi connectivity index (χ4n) is 6.97. The molecule has 15 heteroatoms. The van der Waals surface area contributed by atoms with Crippen molar-refractivity contribution in [1.29, 1.82) is 0 Å². The van der Waals surface area contributed by atoms with Crippen molar-refractivity contribution in [2.24, 2.45) is 16.8 Å². The van der Waals surface area contributed by atoms with Gasteiger partial charge in [-0.05, 0) is 75.0 Å². The van der Waals surface area contributed by atoms with Gasteiger partial charge in [-0.1, -0.05) is 12.1 Å². The van der Waals surface area contributed by atoms with Crippen LogP contribution in [0.2, 0.25) is 0 Å². The molecule has 3 aliphatic rings. The van der Waals surface area contributed by atoms with Crippen molar-refractivity contribution in [3.63, 3.8) is 0 Å². The van der Waals surface area contributed by atoms with Crippen molar-refractivity contribution in [3.05, 3.63) is 36.0 Å². The number of halogens is 3. The van der Waals surface area contributed by atoms with Gasteiger partial charge in [0.15, 0.2) is 0 Å². The van der Waals surface area contributed by atoms with Gasteiger partial charge >= 0.3 is 6.18 Å². The van der Waals surface area contributed by atoms with Crippen molar-refractivity contribution < 1.29 is 46.4 Å². The van der Waals surface area contributed by atoms with E-state index in [-0.39, 0.29) is 69.1 Å². The maximum Gasteiger partial charge on any atom is 0.389 e. The third-order valence-electron chi connectivity index (χ3n) is 9.94. The van der Waals surface area contributed by atoms with E-state index < -0.39 is 47.0 Å². The topological polar surface area (TPSA) is 154 Å². The largest absolute Gasteiger partial charge is 0.394 e. The van der Waals surface area contributed by atoms with Crippen molar-refractivity contribution in [1.82, 2.24) is 14.2 Å². The van der Waals surface area contributed by atoms with Gasteiger partial charge in [-0.3, -0.25) is 9.79 Å². The first-order valence-electron chi connectivity index (χ1n) is 16.4. The van der Waals surface area contributed by atoms with Crippen LogP contribution in [0.1, 0.15) is 56.9 Å². The van der Waals surface area contributed by atoms with Crippen molar-refractivity contribution in [2.45, 2.75) is 88.3 Å². The molecule has 0 radical (unpaired) electrons. The Kier molecular flexibility index (Phi) is 11.3. The van der Waals surface area contributed by atoms with E-state index in [0.29, 0.717) is 44.5 Å². The second kappa shape index (κ2) is 14.9. The van der Waals surface area contributed by atoms with Crippen LogP contribution in [0.15, 0.2) is 35.5 Å². The first kappa shape index (κ1) is 35.7. The Bertz CT molecular complexity index is 1510. The number of nitrogens with one attached hydrogen (secondary N) is 1. The molecule has 47 heavy (non-hydrogen) atoms. The molecule has 1 spiro atoms. The zero-order chi connectivity index (χ0) is 33.8. The normalized spacial score (nSPS) is 23.6. The standard InChI is InChI=1S/C32H45F3N4O7S/c33-32(34,35)11-8-22-4-6-24(7-5-22)29-36-30(43)31(37-29)12-15-39(16-13-31)47(44,45)19-10-23-2-1-3-26-25(23)9-14-38(26)17-18-46-21-28(42)27(41)20-40/h1-3,9,14,22,24,27-28,40-42H,4-8,10-13,15-21H2,(H,36,37,43)/t22?,24?,27-,28-/m0/s1. The number of alkyl halides is 3. The molecule has 11 nitrogen and oxygen atoms in total. The molecule has 4 N–H and O–H groups in total. The van der Waals surface area contributed by atoms with Crippen LogP contribution in [-0.4, -0.2) is 107 Å². The van der Waals surface area contributed by atoms with Gasteiger partial charge in [0, 0.05) is 49.1 Å². The number of carbonyl (C=O) groups excluding carboxylic acids is 1. The fraction of sp³-hybridized carbons (Fsp3) is 0.688. The van der Waals surface area contributed by atoms with Gasteiger partial charge in [-0.15, -0.1) is 0 Å². The number of carbonyl (C=O) groups is 1. The molecular formula is C32H45F3N4O7S. The van der Waals surface area contributed by atoms with Gasteiger partial charge in [0.25, 0.3) is 5.91 Å². The first-order chi connectivity index (χ1) is 22.3. The van der Waals surface area contributed by atoms with E-state index in [0.717, 1.165) is 16.5 Å². The Balaban J connectivity index is 1.11. The molecule has 3 heterocycles. The van der Waals surface area contributed by atoms with Crippen LogP contribution in [0, 0.1) is 11.8 Å². The molecule has 1 aliphatic carbocycles. The third kappa shape index (κ3) is 8.73. The van der Waals surface area contributed by atoms with Gasteiger partial charge in [0.1, 0.15) is 23.6 Å².